The molecular weight excluding hydrogens is 652 g/mol. The summed E-state index contributed by atoms with van der Waals surface area (Å²) >= 11 is 0. The molecule has 2 saturated heterocycles. The first-order chi connectivity index (χ1) is 23.4. The van der Waals surface area contributed by atoms with E-state index in [1.807, 2.05) is 0 Å². The van der Waals surface area contributed by atoms with Crippen molar-refractivity contribution >= 4 is 24.1 Å². The zero-order chi connectivity index (χ0) is 35.0. The minimum Gasteiger partial charge on any atom is -0.504 e. The smallest absolute Gasteiger partial charge is 0.331 e. The average Bonchev–Trinajstić information content (AvgIpc) is 3.76. The van der Waals surface area contributed by atoms with Crippen LogP contribution in [0.3, 0.4) is 0 Å². The molecule has 2 aromatic rings. The molecule has 3 aliphatic heterocycles. The number of fused-ring (bicyclic) bond motifs is 3. The molecule has 0 bridgehead atoms. The van der Waals surface area contributed by atoms with Gasteiger partial charge in [0.1, 0.15) is 48.8 Å². The molecule has 16 nitrogen and oxygen atoms in total. The first-order valence-corrected chi connectivity index (χ1v) is 15.2. The molecule has 8 N–H and O–H groups in total. The fourth-order valence-electron chi connectivity index (χ4n) is 6.28. The Morgan fingerprint density at radius 3 is 2.06 bits per heavy atom. The van der Waals surface area contributed by atoms with E-state index in [1.54, 1.807) is 6.08 Å². The Bertz CT molecular complexity index is 1650. The fourth-order valence-corrected chi connectivity index (χ4v) is 6.28. The van der Waals surface area contributed by atoms with E-state index in [-0.39, 0.29) is 23.0 Å². The molecule has 3 heterocycles. The quantitative estimate of drug-likeness (QED) is 0.0695. The molecule has 1 saturated carbocycles. The van der Waals surface area contributed by atoms with Crippen molar-refractivity contribution in [1.82, 2.24) is 0 Å². The molecule has 0 aromatic heterocycles. The third-order valence-electron chi connectivity index (χ3n) is 8.88. The van der Waals surface area contributed by atoms with Crippen molar-refractivity contribution in [3.8, 4) is 23.0 Å². The molecule has 1 unspecified atom stereocenters. The van der Waals surface area contributed by atoms with Crippen molar-refractivity contribution in [3.05, 3.63) is 72.0 Å². The summed E-state index contributed by atoms with van der Waals surface area (Å²) in [6.07, 6.45) is -3.38. The minimum atomic E-state index is -1.79. The van der Waals surface area contributed by atoms with Crippen LogP contribution < -0.4 is 0 Å². The van der Waals surface area contributed by atoms with Gasteiger partial charge < -0.3 is 69.3 Å². The molecule has 49 heavy (non-hydrogen) atoms. The molecule has 262 valence electrons. The molecule has 4 aliphatic rings. The lowest BCUT2D eigenvalue weighted by Gasteiger charge is -2.43. The summed E-state index contributed by atoms with van der Waals surface area (Å²) in [5.41, 5.74) is -0.446. The Morgan fingerprint density at radius 2 is 1.45 bits per heavy atom. The molecule has 2 aromatic carbocycles. The molecule has 0 amide bonds. The number of hydrogen-bond donors (Lipinski definition) is 8. The number of carbonyl (C=O) groups is 2. The second-order valence-corrected chi connectivity index (χ2v) is 11.9. The van der Waals surface area contributed by atoms with Gasteiger partial charge in [-0.1, -0.05) is 12.1 Å². The SMILES string of the molecule is O=C(/C=C/c1ccc(O)c(O)c1)OC[C@H]1O[C@@H](O[C@@H]2OC=C[C@@H]3C2[C@@]2(CO)O[C@H]2[C@H]3OC(=O)/C=C/c2ccc(O)c(O)c2)[C@H](O)[C@@H](O)[C@@H]1O. The monoisotopic (exact) mass is 686 g/mol. The van der Waals surface area contributed by atoms with Gasteiger partial charge >= 0.3 is 11.9 Å². The predicted molar refractivity (Wildman–Crippen MR) is 162 cm³/mol. The van der Waals surface area contributed by atoms with Crippen LogP contribution in [0.4, 0.5) is 0 Å². The third-order valence-corrected chi connectivity index (χ3v) is 8.88. The van der Waals surface area contributed by atoms with Crippen molar-refractivity contribution in [3.63, 3.8) is 0 Å². The number of hydrogen-bond acceptors (Lipinski definition) is 16. The van der Waals surface area contributed by atoms with E-state index in [2.05, 4.69) is 0 Å². The molecule has 16 heteroatoms. The summed E-state index contributed by atoms with van der Waals surface area (Å²) in [4.78, 5) is 25.1. The van der Waals surface area contributed by atoms with Crippen LogP contribution in [-0.2, 0) is 38.0 Å². The highest BCUT2D eigenvalue weighted by Gasteiger charge is 2.77. The summed E-state index contributed by atoms with van der Waals surface area (Å²) in [7, 11) is 0. The van der Waals surface area contributed by atoms with Crippen molar-refractivity contribution < 1.29 is 78.9 Å². The van der Waals surface area contributed by atoms with Gasteiger partial charge in [0.05, 0.1) is 18.8 Å². The number of benzene rings is 2. The first kappa shape index (κ1) is 34.2. The lowest BCUT2D eigenvalue weighted by atomic mass is 9.85. The number of ether oxygens (including phenoxy) is 6. The second kappa shape index (κ2) is 13.7. The Labute approximate surface area is 277 Å². The summed E-state index contributed by atoms with van der Waals surface area (Å²) in [6.45, 7) is -1.06. The van der Waals surface area contributed by atoms with Crippen molar-refractivity contribution in [2.75, 3.05) is 13.2 Å². The molecule has 3 fully saturated rings. The molecule has 11 atom stereocenters. The van der Waals surface area contributed by atoms with Crippen LogP contribution in [0.2, 0.25) is 0 Å². The van der Waals surface area contributed by atoms with E-state index >= 15 is 0 Å². The molecule has 1 aliphatic carbocycles. The topological polar surface area (TPSA) is 255 Å². The number of aliphatic hydroxyl groups is 4. The minimum absolute atomic E-state index is 0.319. The van der Waals surface area contributed by atoms with Crippen LogP contribution in [0.15, 0.2) is 60.9 Å². The second-order valence-electron chi connectivity index (χ2n) is 11.9. The number of carbonyl (C=O) groups excluding carboxylic acids is 2. The van der Waals surface area contributed by atoms with Gasteiger partial charge in [0.2, 0.25) is 6.29 Å². The van der Waals surface area contributed by atoms with Gasteiger partial charge in [-0.2, -0.15) is 0 Å². The van der Waals surface area contributed by atoms with Crippen LogP contribution in [0.25, 0.3) is 12.2 Å². The van der Waals surface area contributed by atoms with E-state index in [0.29, 0.717) is 11.1 Å². The van der Waals surface area contributed by atoms with Gasteiger partial charge in [0.25, 0.3) is 0 Å². The number of phenols is 4. The van der Waals surface area contributed by atoms with Crippen LogP contribution in [-0.4, -0.2) is 121 Å². The Kier molecular flexibility index (Phi) is 9.54. The first-order valence-electron chi connectivity index (χ1n) is 15.2. The average molecular weight is 687 g/mol. The maximum absolute atomic E-state index is 12.8. The van der Waals surface area contributed by atoms with Crippen molar-refractivity contribution in [2.24, 2.45) is 11.8 Å². The van der Waals surface area contributed by atoms with E-state index < -0.39 is 91.8 Å². The van der Waals surface area contributed by atoms with Crippen molar-refractivity contribution in [2.45, 2.75) is 54.8 Å². The van der Waals surface area contributed by atoms with Gasteiger partial charge in [-0.15, -0.1) is 0 Å². The van der Waals surface area contributed by atoms with Gasteiger partial charge in [0.15, 0.2) is 29.3 Å². The lowest BCUT2D eigenvalue weighted by Crippen LogP contribution is -2.60. The summed E-state index contributed by atoms with van der Waals surface area (Å²) in [6, 6.07) is 7.88. The number of aromatic hydroxyl groups is 4. The van der Waals surface area contributed by atoms with Gasteiger partial charge in [-0.25, -0.2) is 9.59 Å². The Hall–Kier alpha value is -4.68. The van der Waals surface area contributed by atoms with Crippen LogP contribution in [0.5, 0.6) is 23.0 Å². The van der Waals surface area contributed by atoms with Crippen LogP contribution in [0, 0.1) is 11.8 Å². The van der Waals surface area contributed by atoms with Gasteiger partial charge in [0, 0.05) is 18.1 Å². The molecule has 0 spiro atoms. The van der Waals surface area contributed by atoms with E-state index in [4.69, 9.17) is 28.4 Å². The van der Waals surface area contributed by atoms with Crippen LogP contribution in [0.1, 0.15) is 11.1 Å². The summed E-state index contributed by atoms with van der Waals surface area (Å²) in [5, 5.41) is 80.3. The van der Waals surface area contributed by atoms with E-state index in [9.17, 15) is 50.4 Å². The largest absolute Gasteiger partial charge is 0.504 e. The molecule has 0 radical (unpaired) electrons. The zero-order valence-corrected chi connectivity index (χ0v) is 25.5. The van der Waals surface area contributed by atoms with Crippen LogP contribution >= 0.6 is 0 Å². The van der Waals surface area contributed by atoms with Gasteiger partial charge in [-0.3, -0.25) is 0 Å². The predicted octanol–water partition coefficient (Wildman–Crippen LogP) is -0.239. The lowest BCUT2D eigenvalue weighted by molar-refractivity contribution is -0.344. The van der Waals surface area contributed by atoms with E-state index in [1.165, 1.54) is 54.8 Å². The maximum Gasteiger partial charge on any atom is 0.331 e. The summed E-state index contributed by atoms with van der Waals surface area (Å²) < 4.78 is 34.0. The maximum atomic E-state index is 12.8. The third kappa shape index (κ3) is 6.80. The van der Waals surface area contributed by atoms with Gasteiger partial charge in [-0.05, 0) is 53.6 Å². The fraction of sp³-hybridized carbons (Fsp3) is 0.394. The number of rotatable bonds is 10. The van der Waals surface area contributed by atoms with E-state index in [0.717, 1.165) is 12.2 Å². The summed E-state index contributed by atoms with van der Waals surface area (Å²) in [5.74, 6) is -4.41. The number of esters is 2. The highest BCUT2D eigenvalue weighted by Crippen LogP contribution is 2.60. The highest BCUT2D eigenvalue weighted by molar-refractivity contribution is 5.88. The number of phenolic OH excluding ortho intramolecular Hbond substituents is 4. The number of epoxide rings is 1. The molecular formula is C33H34O16. The Balaban J connectivity index is 1.09. The molecule has 6 rings (SSSR count). The highest BCUT2D eigenvalue weighted by atomic mass is 16.8. The zero-order valence-electron chi connectivity index (χ0n) is 25.5. The number of aliphatic hydroxyl groups excluding tert-OH is 4. The Morgan fingerprint density at radius 1 is 0.816 bits per heavy atom. The standard InChI is InChI=1S/C33H34O16/c34-14-33-25-17(29(30(33)49-33)47-24(40)8-4-16-2-6-19(36)21(38)12-16)9-10-44-31(25)48-32-28(43)27(42)26(41)22(46-32)13-45-23(39)7-3-15-1-5-18(35)20(37)11-15/h1-12,17,22,25-32,34-38,41-43H,13-14H2/b7-3+,8-4+/t17-,22-,25?,26-,27+,28-,29+,30+,31+,32+,33-/m1/s1. The van der Waals surface area contributed by atoms with Crippen molar-refractivity contribution in [1.29, 1.82) is 0 Å². The normalized spacial score (nSPS) is 34.7.